The lowest BCUT2D eigenvalue weighted by atomic mass is 10.2. The zero-order chi connectivity index (χ0) is 11.5. The van der Waals surface area contributed by atoms with Crippen LogP contribution in [0.25, 0.3) is 10.9 Å². The summed E-state index contributed by atoms with van der Waals surface area (Å²) in [6, 6.07) is 6.91. The van der Waals surface area contributed by atoms with Crippen molar-refractivity contribution < 1.29 is 0 Å². The molecule has 4 heteroatoms. The molecule has 1 atom stereocenters. The van der Waals surface area contributed by atoms with Crippen LogP contribution in [0.1, 0.15) is 6.92 Å². The minimum atomic E-state index is 0.432. The van der Waals surface area contributed by atoms with Gasteiger partial charge in [0.05, 0.1) is 18.3 Å². The van der Waals surface area contributed by atoms with E-state index in [1.54, 1.807) is 11.8 Å². The van der Waals surface area contributed by atoms with Gasteiger partial charge < -0.3 is 5.32 Å². The molecule has 16 heavy (non-hydrogen) atoms. The van der Waals surface area contributed by atoms with E-state index in [1.165, 1.54) is 15.8 Å². The van der Waals surface area contributed by atoms with Crippen molar-refractivity contribution in [1.29, 1.82) is 0 Å². The molecule has 2 aromatic rings. The van der Waals surface area contributed by atoms with Crippen LogP contribution in [0.15, 0.2) is 29.3 Å². The first-order valence-corrected chi connectivity index (χ1v) is 6.64. The molecule has 0 saturated carbocycles. The van der Waals surface area contributed by atoms with Crippen molar-refractivity contribution >= 4 is 22.7 Å². The van der Waals surface area contributed by atoms with Gasteiger partial charge >= 0.3 is 0 Å². The molecule has 0 aliphatic rings. The van der Waals surface area contributed by atoms with Crippen molar-refractivity contribution in [1.82, 2.24) is 15.1 Å². The predicted molar refractivity (Wildman–Crippen MR) is 70.0 cm³/mol. The van der Waals surface area contributed by atoms with Gasteiger partial charge in [-0.2, -0.15) is 5.10 Å². The Morgan fingerprint density at radius 2 is 2.31 bits per heavy atom. The molecule has 3 nitrogen and oxygen atoms in total. The summed E-state index contributed by atoms with van der Waals surface area (Å²) in [5.74, 6) is 0. The maximum Gasteiger partial charge on any atom is 0.0694 e. The summed E-state index contributed by atoms with van der Waals surface area (Å²) in [5, 5.41) is 8.87. The molecule has 1 N–H and O–H groups in total. The van der Waals surface area contributed by atoms with Crippen LogP contribution in [0, 0.1) is 0 Å². The maximum atomic E-state index is 4.43. The van der Waals surface area contributed by atoms with E-state index in [9.17, 15) is 0 Å². The highest BCUT2D eigenvalue weighted by Crippen LogP contribution is 2.21. The molecular weight excluding hydrogens is 218 g/mol. The van der Waals surface area contributed by atoms with Crippen LogP contribution in [0.2, 0.25) is 0 Å². The Balaban J connectivity index is 2.38. The summed E-state index contributed by atoms with van der Waals surface area (Å²) < 4.78 is 2.07. The Kier molecular flexibility index (Phi) is 3.51. The first-order chi connectivity index (χ1) is 7.74. The normalized spacial score (nSPS) is 13.2. The first kappa shape index (κ1) is 11.5. The van der Waals surface area contributed by atoms with Gasteiger partial charge in [0.1, 0.15) is 0 Å². The lowest BCUT2D eigenvalue weighted by molar-refractivity contribution is 0.491. The molecule has 1 aromatic carbocycles. The summed E-state index contributed by atoms with van der Waals surface area (Å²) in [6.07, 6.45) is 4.03. The zero-order valence-corrected chi connectivity index (χ0v) is 10.7. The molecule has 0 unspecified atom stereocenters. The maximum absolute atomic E-state index is 4.43. The monoisotopic (exact) mass is 235 g/mol. The molecule has 2 rings (SSSR count). The van der Waals surface area contributed by atoms with Crippen LogP contribution >= 0.6 is 11.8 Å². The van der Waals surface area contributed by atoms with E-state index in [-0.39, 0.29) is 0 Å². The number of rotatable bonds is 4. The molecule has 0 spiro atoms. The Morgan fingerprint density at radius 1 is 1.50 bits per heavy atom. The molecule has 1 aromatic heterocycles. The third-order valence-corrected chi connectivity index (χ3v) is 3.52. The second kappa shape index (κ2) is 4.89. The van der Waals surface area contributed by atoms with Crippen molar-refractivity contribution in [2.45, 2.75) is 24.4 Å². The highest BCUT2D eigenvalue weighted by molar-refractivity contribution is 7.98. The topological polar surface area (TPSA) is 29.9 Å². The lowest BCUT2D eigenvalue weighted by Gasteiger charge is -2.11. The van der Waals surface area contributed by atoms with E-state index in [1.807, 2.05) is 13.2 Å². The van der Waals surface area contributed by atoms with Gasteiger partial charge in [-0.05, 0) is 32.4 Å². The quantitative estimate of drug-likeness (QED) is 0.825. The van der Waals surface area contributed by atoms with Gasteiger partial charge in [0, 0.05) is 16.3 Å². The van der Waals surface area contributed by atoms with Gasteiger partial charge in [-0.3, -0.25) is 4.68 Å². The summed E-state index contributed by atoms with van der Waals surface area (Å²) >= 11 is 1.76. The third-order valence-electron chi connectivity index (χ3n) is 2.79. The van der Waals surface area contributed by atoms with Gasteiger partial charge in [0.2, 0.25) is 0 Å². The molecule has 0 aliphatic heterocycles. The van der Waals surface area contributed by atoms with E-state index in [4.69, 9.17) is 0 Å². The van der Waals surface area contributed by atoms with Crippen LogP contribution in [0.5, 0.6) is 0 Å². The molecule has 1 heterocycles. The van der Waals surface area contributed by atoms with Crippen molar-refractivity contribution in [3.63, 3.8) is 0 Å². The molecule has 0 amide bonds. The summed E-state index contributed by atoms with van der Waals surface area (Å²) in [6.45, 7) is 3.06. The number of thioether (sulfide) groups is 1. The standard InChI is InChI=1S/C12H17N3S/c1-9(13-2)8-15-12-6-11(16-3)5-4-10(12)7-14-15/h4-7,9,13H,8H2,1-3H3/t9-/m0/s1. The molecule has 0 radical (unpaired) electrons. The van der Waals surface area contributed by atoms with E-state index in [2.05, 4.69) is 46.5 Å². The van der Waals surface area contributed by atoms with Crippen molar-refractivity contribution in [2.24, 2.45) is 0 Å². The SMILES string of the molecule is CN[C@@H](C)Cn1ncc2ccc(SC)cc21. The Hall–Kier alpha value is -1.00. The fourth-order valence-corrected chi connectivity index (χ4v) is 2.11. The summed E-state index contributed by atoms with van der Waals surface area (Å²) in [5.41, 5.74) is 1.22. The minimum absolute atomic E-state index is 0.432. The first-order valence-electron chi connectivity index (χ1n) is 5.41. The van der Waals surface area contributed by atoms with Gasteiger partial charge in [-0.1, -0.05) is 6.07 Å². The van der Waals surface area contributed by atoms with Gasteiger partial charge in [0.25, 0.3) is 0 Å². The smallest absolute Gasteiger partial charge is 0.0694 e. The van der Waals surface area contributed by atoms with E-state index in [0.29, 0.717) is 6.04 Å². The number of nitrogens with one attached hydrogen (secondary N) is 1. The molecule has 0 aliphatic carbocycles. The van der Waals surface area contributed by atoms with Crippen LogP contribution in [-0.4, -0.2) is 29.1 Å². The van der Waals surface area contributed by atoms with Gasteiger partial charge in [-0.15, -0.1) is 11.8 Å². The predicted octanol–water partition coefficient (Wildman–Crippen LogP) is 2.37. The third kappa shape index (κ3) is 2.23. The number of benzene rings is 1. The fraction of sp³-hybridized carbons (Fsp3) is 0.417. The molecule has 0 bridgehead atoms. The lowest BCUT2D eigenvalue weighted by Crippen LogP contribution is -2.27. The number of aromatic nitrogens is 2. The number of hydrogen-bond acceptors (Lipinski definition) is 3. The number of fused-ring (bicyclic) bond motifs is 1. The largest absolute Gasteiger partial charge is 0.315 e. The van der Waals surface area contributed by atoms with Gasteiger partial charge in [-0.25, -0.2) is 0 Å². The van der Waals surface area contributed by atoms with E-state index >= 15 is 0 Å². The molecule has 86 valence electrons. The minimum Gasteiger partial charge on any atom is -0.315 e. The Morgan fingerprint density at radius 3 is 3.00 bits per heavy atom. The van der Waals surface area contributed by atoms with Crippen molar-refractivity contribution in [3.05, 3.63) is 24.4 Å². The van der Waals surface area contributed by atoms with Crippen LogP contribution in [0.3, 0.4) is 0 Å². The fourth-order valence-electron chi connectivity index (χ4n) is 1.67. The average Bonchev–Trinajstić information content (AvgIpc) is 2.71. The summed E-state index contributed by atoms with van der Waals surface area (Å²) in [7, 11) is 1.98. The molecule has 0 saturated heterocycles. The van der Waals surface area contributed by atoms with Crippen LogP contribution in [0.4, 0.5) is 0 Å². The summed E-state index contributed by atoms with van der Waals surface area (Å²) in [4.78, 5) is 1.28. The van der Waals surface area contributed by atoms with Gasteiger partial charge in [0.15, 0.2) is 0 Å². The second-order valence-electron chi connectivity index (χ2n) is 3.94. The van der Waals surface area contributed by atoms with Crippen molar-refractivity contribution in [2.75, 3.05) is 13.3 Å². The number of nitrogens with zero attached hydrogens (tertiary/aromatic N) is 2. The van der Waals surface area contributed by atoms with E-state index < -0.39 is 0 Å². The number of likely N-dealkylation sites (N-methyl/N-ethyl adjacent to an activating group) is 1. The Labute approximate surface area is 100 Å². The average molecular weight is 235 g/mol. The van der Waals surface area contributed by atoms with Crippen molar-refractivity contribution in [3.8, 4) is 0 Å². The van der Waals surface area contributed by atoms with Crippen LogP contribution in [-0.2, 0) is 6.54 Å². The second-order valence-corrected chi connectivity index (χ2v) is 4.82. The Bertz CT molecular complexity index is 478. The zero-order valence-electron chi connectivity index (χ0n) is 9.90. The molecular formula is C12H17N3S. The highest BCUT2D eigenvalue weighted by atomic mass is 32.2. The highest BCUT2D eigenvalue weighted by Gasteiger charge is 2.06. The van der Waals surface area contributed by atoms with E-state index in [0.717, 1.165) is 6.54 Å². The van der Waals surface area contributed by atoms with Crippen LogP contribution < -0.4 is 5.32 Å². The molecule has 0 fully saturated rings. The number of hydrogen-bond donors (Lipinski definition) is 1.